The van der Waals surface area contributed by atoms with Crippen LogP contribution in [0.15, 0.2) is 6.20 Å². The predicted octanol–water partition coefficient (Wildman–Crippen LogP) is 1.88. The molecule has 4 heteroatoms. The molecule has 0 spiro atoms. The molecular weight excluding hydrogens is 212 g/mol. The van der Waals surface area contributed by atoms with Crippen molar-refractivity contribution in [1.29, 1.82) is 0 Å². The molecule has 0 atom stereocenters. The number of hydrogen-bond acceptors (Lipinski definition) is 4. The number of nitrogens with zero attached hydrogens (tertiary/aromatic N) is 3. The van der Waals surface area contributed by atoms with Gasteiger partial charge in [-0.1, -0.05) is 6.92 Å². The molecule has 1 aromatic heterocycles. The summed E-state index contributed by atoms with van der Waals surface area (Å²) in [5.41, 5.74) is 2.31. The maximum Gasteiger partial charge on any atom is 0.225 e. The van der Waals surface area contributed by atoms with Gasteiger partial charge in [-0.25, -0.2) is 9.97 Å². The van der Waals surface area contributed by atoms with Gasteiger partial charge in [0, 0.05) is 37.1 Å². The molecule has 0 saturated carbocycles. The van der Waals surface area contributed by atoms with Crippen LogP contribution in [0.1, 0.15) is 37.4 Å². The Hall–Kier alpha value is -1.16. The minimum absolute atomic E-state index is 0.875. The normalized spacial score (nSPS) is 15.5. The molecule has 1 aliphatic heterocycles. The summed E-state index contributed by atoms with van der Waals surface area (Å²) in [6, 6.07) is 0. The highest BCUT2D eigenvalue weighted by atomic mass is 15.3. The van der Waals surface area contributed by atoms with Gasteiger partial charge < -0.3 is 10.2 Å². The molecule has 17 heavy (non-hydrogen) atoms. The van der Waals surface area contributed by atoms with E-state index in [9.17, 15) is 0 Å². The van der Waals surface area contributed by atoms with Gasteiger partial charge in [0.05, 0.1) is 0 Å². The fourth-order valence-electron chi connectivity index (χ4n) is 2.12. The first-order chi connectivity index (χ1) is 8.31. The second-order valence-corrected chi connectivity index (χ2v) is 4.65. The summed E-state index contributed by atoms with van der Waals surface area (Å²) in [4.78, 5) is 11.4. The molecule has 0 radical (unpaired) electrons. The molecule has 0 aromatic carbocycles. The van der Waals surface area contributed by atoms with Gasteiger partial charge in [0.2, 0.25) is 5.95 Å². The van der Waals surface area contributed by atoms with E-state index in [2.05, 4.69) is 34.0 Å². The Morgan fingerprint density at radius 3 is 2.76 bits per heavy atom. The van der Waals surface area contributed by atoms with E-state index >= 15 is 0 Å². The van der Waals surface area contributed by atoms with Crippen molar-refractivity contribution in [2.45, 2.75) is 39.7 Å². The van der Waals surface area contributed by atoms with Crippen molar-refractivity contribution in [3.05, 3.63) is 17.5 Å². The zero-order valence-corrected chi connectivity index (χ0v) is 10.9. The van der Waals surface area contributed by atoms with Crippen molar-refractivity contribution in [2.75, 3.05) is 24.5 Å². The molecule has 0 unspecified atom stereocenters. The SMILES string of the molecule is CCCNCc1cnc(N2CCCC2)nc1C. The van der Waals surface area contributed by atoms with Crippen LogP contribution in [0.4, 0.5) is 5.95 Å². The average Bonchev–Trinajstić information content (AvgIpc) is 2.85. The highest BCUT2D eigenvalue weighted by Gasteiger charge is 2.15. The molecule has 1 aromatic rings. The van der Waals surface area contributed by atoms with Gasteiger partial charge in [-0.2, -0.15) is 0 Å². The first-order valence-corrected chi connectivity index (χ1v) is 6.59. The minimum atomic E-state index is 0.875. The Balaban J connectivity index is 2.00. The van der Waals surface area contributed by atoms with Crippen LogP contribution in [-0.2, 0) is 6.54 Å². The maximum absolute atomic E-state index is 4.61. The van der Waals surface area contributed by atoms with Crippen LogP contribution in [-0.4, -0.2) is 29.6 Å². The molecule has 1 N–H and O–H groups in total. The standard InChI is InChI=1S/C13H22N4/c1-3-6-14-9-12-10-15-13(16-11(12)2)17-7-4-5-8-17/h10,14H,3-9H2,1-2H3. The Morgan fingerprint density at radius 1 is 1.35 bits per heavy atom. The van der Waals surface area contributed by atoms with Crippen molar-refractivity contribution in [1.82, 2.24) is 15.3 Å². The zero-order valence-electron chi connectivity index (χ0n) is 10.9. The summed E-state index contributed by atoms with van der Waals surface area (Å²) in [6.07, 6.45) is 5.66. The summed E-state index contributed by atoms with van der Waals surface area (Å²) in [6.45, 7) is 8.38. The molecule has 2 rings (SSSR count). The quantitative estimate of drug-likeness (QED) is 0.790. The summed E-state index contributed by atoms with van der Waals surface area (Å²) in [5.74, 6) is 0.902. The topological polar surface area (TPSA) is 41.1 Å². The molecule has 0 aliphatic carbocycles. The smallest absolute Gasteiger partial charge is 0.225 e. The lowest BCUT2D eigenvalue weighted by molar-refractivity contribution is 0.668. The van der Waals surface area contributed by atoms with Gasteiger partial charge in [-0.15, -0.1) is 0 Å². The van der Waals surface area contributed by atoms with Gasteiger partial charge in [-0.3, -0.25) is 0 Å². The summed E-state index contributed by atoms with van der Waals surface area (Å²) in [5, 5.41) is 3.39. The van der Waals surface area contributed by atoms with Crippen molar-refractivity contribution in [2.24, 2.45) is 0 Å². The third kappa shape index (κ3) is 3.16. The number of nitrogens with one attached hydrogen (secondary N) is 1. The Bertz CT molecular complexity index is 358. The van der Waals surface area contributed by atoms with E-state index < -0.39 is 0 Å². The van der Waals surface area contributed by atoms with Crippen LogP contribution < -0.4 is 10.2 Å². The molecule has 94 valence electrons. The van der Waals surface area contributed by atoms with Crippen molar-refractivity contribution in [3.8, 4) is 0 Å². The van der Waals surface area contributed by atoms with Gasteiger partial charge in [-0.05, 0) is 32.7 Å². The second kappa shape index (κ2) is 5.96. The van der Waals surface area contributed by atoms with E-state index in [-0.39, 0.29) is 0 Å². The summed E-state index contributed by atoms with van der Waals surface area (Å²) < 4.78 is 0. The largest absolute Gasteiger partial charge is 0.341 e. The van der Waals surface area contributed by atoms with E-state index in [1.807, 2.05) is 6.20 Å². The van der Waals surface area contributed by atoms with E-state index in [1.165, 1.54) is 18.4 Å². The monoisotopic (exact) mass is 234 g/mol. The first-order valence-electron chi connectivity index (χ1n) is 6.59. The van der Waals surface area contributed by atoms with E-state index in [0.717, 1.165) is 44.2 Å². The Morgan fingerprint density at radius 2 is 2.12 bits per heavy atom. The van der Waals surface area contributed by atoms with E-state index in [4.69, 9.17) is 0 Å². The number of aromatic nitrogens is 2. The van der Waals surface area contributed by atoms with Gasteiger partial charge >= 0.3 is 0 Å². The van der Waals surface area contributed by atoms with E-state index in [1.54, 1.807) is 0 Å². The van der Waals surface area contributed by atoms with Crippen LogP contribution in [0.25, 0.3) is 0 Å². The second-order valence-electron chi connectivity index (χ2n) is 4.65. The number of rotatable bonds is 5. The highest BCUT2D eigenvalue weighted by molar-refractivity contribution is 5.33. The van der Waals surface area contributed by atoms with Crippen LogP contribution in [0.2, 0.25) is 0 Å². The lowest BCUT2D eigenvalue weighted by atomic mass is 10.2. The zero-order chi connectivity index (χ0) is 12.1. The molecule has 1 fully saturated rings. The number of aryl methyl sites for hydroxylation is 1. The Kier molecular flexibility index (Phi) is 4.31. The van der Waals surface area contributed by atoms with Gasteiger partial charge in [0.1, 0.15) is 0 Å². The van der Waals surface area contributed by atoms with Crippen molar-refractivity contribution in [3.63, 3.8) is 0 Å². The molecule has 4 nitrogen and oxygen atoms in total. The van der Waals surface area contributed by atoms with Crippen LogP contribution in [0.5, 0.6) is 0 Å². The predicted molar refractivity (Wildman–Crippen MR) is 70.2 cm³/mol. The molecule has 1 aliphatic rings. The van der Waals surface area contributed by atoms with Crippen LogP contribution >= 0.6 is 0 Å². The molecule has 2 heterocycles. The van der Waals surface area contributed by atoms with Crippen LogP contribution in [0, 0.1) is 6.92 Å². The van der Waals surface area contributed by atoms with Crippen LogP contribution in [0.3, 0.4) is 0 Å². The Labute approximate surface area is 103 Å². The van der Waals surface area contributed by atoms with Crippen molar-refractivity contribution < 1.29 is 0 Å². The third-order valence-electron chi connectivity index (χ3n) is 3.20. The van der Waals surface area contributed by atoms with E-state index in [0.29, 0.717) is 0 Å². The minimum Gasteiger partial charge on any atom is -0.341 e. The first kappa shape index (κ1) is 12.3. The number of anilines is 1. The highest BCUT2D eigenvalue weighted by Crippen LogP contribution is 2.16. The third-order valence-corrected chi connectivity index (χ3v) is 3.20. The number of hydrogen-bond donors (Lipinski definition) is 1. The maximum atomic E-state index is 4.61. The lowest BCUT2D eigenvalue weighted by Crippen LogP contribution is -2.22. The van der Waals surface area contributed by atoms with Gasteiger partial charge in [0.25, 0.3) is 0 Å². The molecule has 0 amide bonds. The lowest BCUT2D eigenvalue weighted by Gasteiger charge is -2.16. The van der Waals surface area contributed by atoms with Gasteiger partial charge in [0.15, 0.2) is 0 Å². The molecule has 0 bridgehead atoms. The molecule has 1 saturated heterocycles. The fourth-order valence-corrected chi connectivity index (χ4v) is 2.12. The average molecular weight is 234 g/mol. The van der Waals surface area contributed by atoms with Crippen molar-refractivity contribution >= 4 is 5.95 Å². The summed E-state index contributed by atoms with van der Waals surface area (Å²) >= 11 is 0. The molecular formula is C13H22N4. The fraction of sp³-hybridized carbons (Fsp3) is 0.692. The summed E-state index contributed by atoms with van der Waals surface area (Å²) in [7, 11) is 0.